The molecular formula is C16H30N2O. The molecule has 2 bridgehead atoms. The minimum atomic E-state index is 0.455. The van der Waals surface area contributed by atoms with Crippen LogP contribution in [-0.4, -0.2) is 48.3 Å². The zero-order chi connectivity index (χ0) is 13.2. The Morgan fingerprint density at radius 3 is 2.42 bits per heavy atom. The summed E-state index contributed by atoms with van der Waals surface area (Å²) in [5, 5.41) is 3.78. The van der Waals surface area contributed by atoms with Gasteiger partial charge in [-0.1, -0.05) is 6.92 Å². The fraction of sp³-hybridized carbons (Fsp3) is 1.00. The highest BCUT2D eigenvalue weighted by Crippen LogP contribution is 2.32. The molecule has 0 saturated carbocycles. The minimum absolute atomic E-state index is 0.455. The van der Waals surface area contributed by atoms with Crippen molar-refractivity contribution in [2.24, 2.45) is 0 Å². The molecule has 0 aromatic carbocycles. The van der Waals surface area contributed by atoms with E-state index in [2.05, 4.69) is 24.1 Å². The summed E-state index contributed by atoms with van der Waals surface area (Å²) in [6.45, 7) is 6.80. The molecule has 3 aliphatic rings. The lowest BCUT2D eigenvalue weighted by Crippen LogP contribution is -2.53. The summed E-state index contributed by atoms with van der Waals surface area (Å²) in [7, 11) is 0. The van der Waals surface area contributed by atoms with Crippen LogP contribution in [0, 0.1) is 0 Å². The van der Waals surface area contributed by atoms with Gasteiger partial charge in [-0.15, -0.1) is 0 Å². The number of ether oxygens (including phenoxy) is 1. The predicted molar refractivity (Wildman–Crippen MR) is 78.4 cm³/mol. The molecular weight excluding hydrogens is 236 g/mol. The Bertz CT molecular complexity index is 284. The smallest absolute Gasteiger partial charge is 0.0561 e. The third kappa shape index (κ3) is 3.14. The van der Waals surface area contributed by atoms with E-state index in [1.54, 1.807) is 0 Å². The summed E-state index contributed by atoms with van der Waals surface area (Å²) < 4.78 is 5.74. The van der Waals surface area contributed by atoms with Crippen LogP contribution in [0.15, 0.2) is 0 Å². The molecule has 110 valence electrons. The van der Waals surface area contributed by atoms with E-state index in [1.807, 2.05) is 0 Å². The second kappa shape index (κ2) is 6.11. The van der Waals surface area contributed by atoms with Crippen LogP contribution in [0.2, 0.25) is 0 Å². The highest BCUT2D eigenvalue weighted by molar-refractivity contribution is 4.97. The van der Waals surface area contributed by atoms with E-state index in [0.717, 1.165) is 30.8 Å². The number of fused-ring (bicyclic) bond motifs is 2. The summed E-state index contributed by atoms with van der Waals surface area (Å²) >= 11 is 0. The molecule has 4 unspecified atom stereocenters. The number of rotatable bonds is 4. The largest absolute Gasteiger partial charge is 0.378 e. The van der Waals surface area contributed by atoms with Crippen LogP contribution in [0.25, 0.3) is 0 Å². The first-order valence-electron chi connectivity index (χ1n) is 8.39. The molecule has 4 atom stereocenters. The van der Waals surface area contributed by atoms with Crippen molar-refractivity contribution in [2.45, 2.75) is 89.1 Å². The Morgan fingerprint density at radius 1 is 1.05 bits per heavy atom. The normalized spacial score (nSPS) is 42.8. The van der Waals surface area contributed by atoms with Crippen LogP contribution in [-0.2, 0) is 4.74 Å². The Balaban J connectivity index is 1.66. The van der Waals surface area contributed by atoms with Crippen molar-refractivity contribution in [1.82, 2.24) is 10.2 Å². The van der Waals surface area contributed by atoms with Gasteiger partial charge >= 0.3 is 0 Å². The van der Waals surface area contributed by atoms with Gasteiger partial charge in [0.05, 0.1) is 6.10 Å². The number of piperidine rings is 1. The van der Waals surface area contributed by atoms with Crippen LogP contribution >= 0.6 is 0 Å². The first-order valence-corrected chi connectivity index (χ1v) is 8.39. The second-order valence-corrected chi connectivity index (χ2v) is 6.86. The fourth-order valence-electron chi connectivity index (χ4n) is 4.50. The monoisotopic (exact) mass is 266 g/mol. The first kappa shape index (κ1) is 13.8. The molecule has 0 aliphatic carbocycles. The molecule has 3 heterocycles. The van der Waals surface area contributed by atoms with E-state index in [4.69, 9.17) is 4.74 Å². The van der Waals surface area contributed by atoms with Crippen molar-refractivity contribution in [3.8, 4) is 0 Å². The fourth-order valence-corrected chi connectivity index (χ4v) is 4.50. The summed E-state index contributed by atoms with van der Waals surface area (Å²) in [4.78, 5) is 2.85. The molecule has 0 radical (unpaired) electrons. The van der Waals surface area contributed by atoms with Gasteiger partial charge in [0.2, 0.25) is 0 Å². The van der Waals surface area contributed by atoms with E-state index >= 15 is 0 Å². The first-order chi connectivity index (χ1) is 9.26. The van der Waals surface area contributed by atoms with Crippen molar-refractivity contribution in [1.29, 1.82) is 0 Å². The number of nitrogens with zero attached hydrogens (tertiary/aromatic N) is 1. The molecule has 1 N–H and O–H groups in total. The van der Waals surface area contributed by atoms with Crippen molar-refractivity contribution in [3.05, 3.63) is 0 Å². The van der Waals surface area contributed by atoms with E-state index in [1.165, 1.54) is 51.5 Å². The molecule has 0 aromatic heterocycles. The van der Waals surface area contributed by atoms with Gasteiger partial charge in [0.15, 0.2) is 0 Å². The minimum Gasteiger partial charge on any atom is -0.378 e. The topological polar surface area (TPSA) is 24.5 Å². The van der Waals surface area contributed by atoms with Gasteiger partial charge in [-0.3, -0.25) is 4.90 Å². The number of nitrogens with one attached hydrogen (secondary N) is 1. The summed E-state index contributed by atoms with van der Waals surface area (Å²) in [6, 6.07) is 3.21. The maximum atomic E-state index is 5.74. The second-order valence-electron chi connectivity index (χ2n) is 6.86. The molecule has 0 aromatic rings. The lowest BCUT2D eigenvalue weighted by molar-refractivity contribution is -0.0337. The van der Waals surface area contributed by atoms with Crippen molar-refractivity contribution >= 4 is 0 Å². The summed E-state index contributed by atoms with van der Waals surface area (Å²) in [5.41, 5.74) is 0. The number of hydrogen-bond donors (Lipinski definition) is 1. The Labute approximate surface area is 118 Å². The van der Waals surface area contributed by atoms with Crippen LogP contribution in [0.1, 0.15) is 58.8 Å². The van der Waals surface area contributed by atoms with Crippen molar-refractivity contribution < 1.29 is 4.74 Å². The van der Waals surface area contributed by atoms with E-state index in [0.29, 0.717) is 6.10 Å². The Morgan fingerprint density at radius 2 is 1.79 bits per heavy atom. The average Bonchev–Trinajstić information content (AvgIpc) is 2.75. The summed E-state index contributed by atoms with van der Waals surface area (Å²) in [6.07, 6.45) is 9.78. The predicted octanol–water partition coefficient (Wildman–Crippen LogP) is 2.55. The van der Waals surface area contributed by atoms with E-state index < -0.39 is 0 Å². The van der Waals surface area contributed by atoms with E-state index in [-0.39, 0.29) is 0 Å². The van der Waals surface area contributed by atoms with Gasteiger partial charge < -0.3 is 10.1 Å². The lowest BCUT2D eigenvalue weighted by atomic mass is 9.93. The maximum absolute atomic E-state index is 5.74. The van der Waals surface area contributed by atoms with Gasteiger partial charge in [0, 0.05) is 30.8 Å². The van der Waals surface area contributed by atoms with E-state index in [9.17, 15) is 0 Å². The molecule has 3 saturated heterocycles. The third-order valence-electron chi connectivity index (χ3n) is 5.33. The molecule has 19 heavy (non-hydrogen) atoms. The molecule has 3 fully saturated rings. The Hall–Kier alpha value is -0.120. The quantitative estimate of drug-likeness (QED) is 0.846. The standard InChI is InChI=1S/C16H30N2O/c1-3-7-18(15-6-8-19-12(2)9-15)16-10-13-4-5-14(11-16)17-13/h12-17H,3-11H2,1-2H3. The van der Waals surface area contributed by atoms with Crippen molar-refractivity contribution in [3.63, 3.8) is 0 Å². The van der Waals surface area contributed by atoms with Gasteiger partial charge in [0.25, 0.3) is 0 Å². The van der Waals surface area contributed by atoms with Crippen LogP contribution < -0.4 is 5.32 Å². The molecule has 3 nitrogen and oxygen atoms in total. The zero-order valence-electron chi connectivity index (χ0n) is 12.6. The lowest BCUT2D eigenvalue weighted by Gasteiger charge is -2.44. The van der Waals surface area contributed by atoms with Crippen LogP contribution in [0.3, 0.4) is 0 Å². The van der Waals surface area contributed by atoms with Gasteiger partial charge in [-0.05, 0) is 58.4 Å². The van der Waals surface area contributed by atoms with Gasteiger partial charge in [-0.2, -0.15) is 0 Å². The number of hydrogen-bond acceptors (Lipinski definition) is 3. The van der Waals surface area contributed by atoms with Gasteiger partial charge in [-0.25, -0.2) is 0 Å². The molecule has 0 amide bonds. The van der Waals surface area contributed by atoms with Crippen LogP contribution in [0.5, 0.6) is 0 Å². The van der Waals surface area contributed by atoms with Crippen LogP contribution in [0.4, 0.5) is 0 Å². The highest BCUT2D eigenvalue weighted by Gasteiger charge is 2.38. The molecule has 3 heteroatoms. The third-order valence-corrected chi connectivity index (χ3v) is 5.33. The zero-order valence-corrected chi connectivity index (χ0v) is 12.6. The van der Waals surface area contributed by atoms with Gasteiger partial charge in [0.1, 0.15) is 0 Å². The Kier molecular flexibility index (Phi) is 4.45. The average molecular weight is 266 g/mol. The summed E-state index contributed by atoms with van der Waals surface area (Å²) in [5.74, 6) is 0. The molecule has 3 aliphatic heterocycles. The SMILES string of the molecule is CCCN(C1CC2CCC(C1)N2)C1CCOC(C)C1. The highest BCUT2D eigenvalue weighted by atomic mass is 16.5. The molecule has 3 rings (SSSR count). The maximum Gasteiger partial charge on any atom is 0.0561 e. The molecule has 0 spiro atoms. The van der Waals surface area contributed by atoms with Crippen molar-refractivity contribution in [2.75, 3.05) is 13.2 Å².